The van der Waals surface area contributed by atoms with Gasteiger partial charge in [0.25, 0.3) is 0 Å². The first kappa shape index (κ1) is 18.4. The maximum atomic E-state index is 13.4. The van der Waals surface area contributed by atoms with Gasteiger partial charge in [-0.25, -0.2) is 4.79 Å². The van der Waals surface area contributed by atoms with Crippen molar-refractivity contribution in [2.24, 2.45) is 0 Å². The summed E-state index contributed by atoms with van der Waals surface area (Å²) in [6.07, 6.45) is 0.268. The van der Waals surface area contributed by atoms with Crippen LogP contribution in [0.4, 0.5) is 27.8 Å². The van der Waals surface area contributed by atoms with E-state index in [0.29, 0.717) is 10.6 Å². The van der Waals surface area contributed by atoms with E-state index in [2.05, 4.69) is 10.6 Å². The van der Waals surface area contributed by atoms with Crippen LogP contribution in [0.2, 0.25) is 5.02 Å². The quantitative estimate of drug-likeness (QED) is 0.551. The van der Waals surface area contributed by atoms with Crippen molar-refractivity contribution in [3.8, 4) is 0 Å². The zero-order chi connectivity index (χ0) is 18.0. The molecule has 0 atom stereocenters. The van der Waals surface area contributed by atoms with Crippen molar-refractivity contribution in [2.75, 3.05) is 16.9 Å². The van der Waals surface area contributed by atoms with Crippen LogP contribution in [-0.2, 0) is 6.61 Å². The molecule has 0 heterocycles. The fourth-order valence-corrected chi connectivity index (χ4v) is 2.96. The van der Waals surface area contributed by atoms with Gasteiger partial charge in [-0.05, 0) is 30.3 Å². The standard InChI is InChI=1S/C15H16ClF3N2O2S/c1-24(17,18,19)13-4-2-3-12(8-13)20-15(23)21-14-7-11(16)6-5-10(14)9-22/h2-8,22,24H,9H2,1H3,(H2,20,21,23). The van der Waals surface area contributed by atoms with Gasteiger partial charge in [-0.15, -0.1) is 0 Å². The lowest BCUT2D eigenvalue weighted by Gasteiger charge is -2.33. The van der Waals surface area contributed by atoms with E-state index in [9.17, 15) is 21.6 Å². The fraction of sp³-hybridized carbons (Fsp3) is 0.133. The number of carbonyl (C=O) groups excluding carboxylic acids is 1. The van der Waals surface area contributed by atoms with Crippen LogP contribution in [0.3, 0.4) is 0 Å². The largest absolute Gasteiger partial charge is 0.392 e. The third kappa shape index (κ3) is 4.80. The molecule has 2 amide bonds. The summed E-state index contributed by atoms with van der Waals surface area (Å²) in [6, 6.07) is 8.24. The van der Waals surface area contributed by atoms with E-state index >= 15 is 0 Å². The third-order valence-electron chi connectivity index (χ3n) is 3.15. The van der Waals surface area contributed by atoms with Gasteiger partial charge in [-0.1, -0.05) is 23.7 Å². The molecule has 0 aliphatic rings. The number of nitrogens with one attached hydrogen (secondary N) is 2. The molecule has 0 unspecified atom stereocenters. The number of benzene rings is 2. The summed E-state index contributed by atoms with van der Waals surface area (Å²) in [5, 5.41) is 14.4. The Morgan fingerprint density at radius 3 is 2.50 bits per heavy atom. The fourth-order valence-electron chi connectivity index (χ4n) is 1.97. The molecule has 2 aromatic rings. The molecule has 0 radical (unpaired) electrons. The Kier molecular flexibility index (Phi) is 5.03. The van der Waals surface area contributed by atoms with Crippen LogP contribution in [0.5, 0.6) is 0 Å². The lowest BCUT2D eigenvalue weighted by atomic mass is 10.2. The summed E-state index contributed by atoms with van der Waals surface area (Å²) in [4.78, 5) is 11.2. The Balaban J connectivity index is 2.17. The van der Waals surface area contributed by atoms with Crippen molar-refractivity contribution < 1.29 is 21.6 Å². The number of rotatable bonds is 4. The van der Waals surface area contributed by atoms with Crippen LogP contribution in [0.1, 0.15) is 5.56 Å². The van der Waals surface area contributed by atoms with Gasteiger partial charge in [0.1, 0.15) is 0 Å². The average molecular weight is 381 g/mol. The molecule has 2 rings (SSSR count). The molecule has 0 saturated heterocycles. The van der Waals surface area contributed by atoms with E-state index in [4.69, 9.17) is 11.6 Å². The highest BCUT2D eigenvalue weighted by Gasteiger charge is 2.34. The Labute approximate surface area is 142 Å². The second-order valence-corrected chi connectivity index (χ2v) is 8.57. The Morgan fingerprint density at radius 2 is 1.88 bits per heavy atom. The van der Waals surface area contributed by atoms with Gasteiger partial charge in [-0.3, -0.25) is 0 Å². The predicted octanol–water partition coefficient (Wildman–Crippen LogP) is 5.19. The number of hydrogen-bond donors (Lipinski definition) is 4. The lowest BCUT2D eigenvalue weighted by molar-refractivity contribution is 0.262. The Hall–Kier alpha value is -1.90. The number of anilines is 2. The van der Waals surface area contributed by atoms with Gasteiger partial charge in [0.2, 0.25) is 0 Å². The molecular weight excluding hydrogens is 365 g/mol. The summed E-state index contributed by atoms with van der Waals surface area (Å²) in [5.74, 6) is 0. The van der Waals surface area contributed by atoms with E-state index in [1.165, 1.54) is 24.3 Å². The van der Waals surface area contributed by atoms with Crippen molar-refractivity contribution in [2.45, 2.75) is 11.5 Å². The second kappa shape index (κ2) is 6.54. The minimum Gasteiger partial charge on any atom is -0.392 e. The molecule has 0 aliphatic carbocycles. The number of amides is 2. The number of halogens is 4. The average Bonchev–Trinajstić information content (AvgIpc) is 2.46. The molecule has 132 valence electrons. The molecule has 9 heteroatoms. The molecule has 0 aromatic heterocycles. The summed E-state index contributed by atoms with van der Waals surface area (Å²) < 4.78 is 40.3. The van der Waals surface area contributed by atoms with Crippen LogP contribution in [-0.4, -0.2) is 17.4 Å². The summed E-state index contributed by atoms with van der Waals surface area (Å²) in [6.45, 7) is -0.321. The number of aliphatic hydroxyl groups excluding tert-OH is 1. The van der Waals surface area contributed by atoms with E-state index < -0.39 is 21.2 Å². The smallest absolute Gasteiger partial charge is 0.323 e. The molecule has 4 nitrogen and oxygen atoms in total. The SMILES string of the molecule is C[SH](F)(F)(F)c1cccc(NC(=O)Nc2cc(Cl)ccc2CO)c1. The molecule has 0 bridgehead atoms. The Morgan fingerprint density at radius 1 is 1.17 bits per heavy atom. The first-order chi connectivity index (χ1) is 11.0. The van der Waals surface area contributed by atoms with Crippen molar-refractivity contribution in [1.29, 1.82) is 0 Å². The van der Waals surface area contributed by atoms with Gasteiger partial charge in [0.15, 0.2) is 0 Å². The number of urea groups is 1. The van der Waals surface area contributed by atoms with Crippen molar-refractivity contribution >= 4 is 39.3 Å². The van der Waals surface area contributed by atoms with Gasteiger partial charge in [0, 0.05) is 33.1 Å². The summed E-state index contributed by atoms with van der Waals surface area (Å²) in [5.41, 5.74) is 0.717. The second-order valence-electron chi connectivity index (χ2n) is 5.26. The van der Waals surface area contributed by atoms with Gasteiger partial charge in [0.05, 0.1) is 16.9 Å². The molecule has 0 fully saturated rings. The number of thiol groups is 1. The van der Waals surface area contributed by atoms with Crippen LogP contribution in [0.15, 0.2) is 47.4 Å². The maximum absolute atomic E-state index is 13.4. The highest BCUT2D eigenvalue weighted by atomic mass is 35.5. The molecular formula is C15H16ClF3N2O2S. The van der Waals surface area contributed by atoms with Gasteiger partial charge in [-0.2, -0.15) is 11.7 Å². The number of hydrogen-bond acceptors (Lipinski definition) is 2. The van der Waals surface area contributed by atoms with Crippen LogP contribution < -0.4 is 10.6 Å². The van der Waals surface area contributed by atoms with Crippen molar-refractivity contribution in [3.05, 3.63) is 53.1 Å². The van der Waals surface area contributed by atoms with E-state index in [-0.39, 0.29) is 24.2 Å². The monoisotopic (exact) mass is 380 g/mol. The zero-order valence-electron chi connectivity index (χ0n) is 12.6. The normalized spacial score (nSPS) is 13.0. The molecule has 3 N–H and O–H groups in total. The predicted molar refractivity (Wildman–Crippen MR) is 93.0 cm³/mol. The molecule has 0 aliphatic heterocycles. The van der Waals surface area contributed by atoms with Gasteiger partial charge >= 0.3 is 6.03 Å². The highest BCUT2D eigenvalue weighted by molar-refractivity contribution is 8.37. The summed E-state index contributed by atoms with van der Waals surface area (Å²) in [7, 11) is -6.40. The van der Waals surface area contributed by atoms with E-state index in [0.717, 1.165) is 12.1 Å². The van der Waals surface area contributed by atoms with E-state index in [1.807, 2.05) is 0 Å². The van der Waals surface area contributed by atoms with Gasteiger partial charge < -0.3 is 15.7 Å². The van der Waals surface area contributed by atoms with Crippen LogP contribution >= 0.6 is 21.9 Å². The minimum absolute atomic E-state index is 0.0152. The number of aliphatic hydroxyl groups is 1. The maximum Gasteiger partial charge on any atom is 0.323 e. The Bertz CT molecular complexity index is 772. The van der Waals surface area contributed by atoms with E-state index in [1.54, 1.807) is 6.07 Å². The summed E-state index contributed by atoms with van der Waals surface area (Å²) >= 11 is 5.83. The highest BCUT2D eigenvalue weighted by Crippen LogP contribution is 2.77. The minimum atomic E-state index is -6.40. The molecule has 0 spiro atoms. The third-order valence-corrected chi connectivity index (χ3v) is 4.76. The van der Waals surface area contributed by atoms with Crippen molar-refractivity contribution in [1.82, 2.24) is 0 Å². The lowest BCUT2D eigenvalue weighted by Crippen LogP contribution is -2.20. The molecule has 2 aromatic carbocycles. The first-order valence-corrected chi connectivity index (χ1v) is 9.53. The first-order valence-electron chi connectivity index (χ1n) is 6.80. The number of carbonyl (C=O) groups is 1. The zero-order valence-corrected chi connectivity index (χ0v) is 14.2. The van der Waals surface area contributed by atoms with Crippen LogP contribution in [0, 0.1) is 0 Å². The topological polar surface area (TPSA) is 61.4 Å². The molecule has 24 heavy (non-hydrogen) atoms. The molecule has 0 saturated carbocycles. The van der Waals surface area contributed by atoms with Crippen LogP contribution in [0.25, 0.3) is 0 Å². The van der Waals surface area contributed by atoms with Crippen molar-refractivity contribution in [3.63, 3.8) is 0 Å².